The zero-order valence-corrected chi connectivity index (χ0v) is 24.3. The summed E-state index contributed by atoms with van der Waals surface area (Å²) in [7, 11) is -8.24. The maximum absolute atomic E-state index is 13.9. The first-order chi connectivity index (χ1) is 20.2. The van der Waals surface area contributed by atoms with Crippen molar-refractivity contribution in [3.63, 3.8) is 0 Å². The van der Waals surface area contributed by atoms with Crippen molar-refractivity contribution in [2.75, 3.05) is 0 Å². The van der Waals surface area contributed by atoms with Crippen molar-refractivity contribution < 1.29 is 39.2 Å². The van der Waals surface area contributed by atoms with Gasteiger partial charge in [0, 0.05) is 5.56 Å². The number of carbonyl (C=O) groups is 1. The van der Waals surface area contributed by atoms with Crippen molar-refractivity contribution in [1.82, 2.24) is 5.32 Å². The number of carbonyl (C=O) groups excluding carboxylic acids is 1. The van der Waals surface area contributed by atoms with Crippen molar-refractivity contribution in [1.29, 1.82) is 0 Å². The second-order valence-electron chi connectivity index (χ2n) is 9.19. The molecule has 43 heavy (non-hydrogen) atoms. The van der Waals surface area contributed by atoms with E-state index in [2.05, 4.69) is 4.85 Å². The number of nitrogens with one attached hydrogen (secondary N) is 1. The van der Waals surface area contributed by atoms with Crippen molar-refractivity contribution in [2.45, 2.75) is 34.4 Å². The number of aryl methyl sites for hydroxylation is 2. The second-order valence-corrected chi connectivity index (χ2v) is 13.2. The van der Waals surface area contributed by atoms with E-state index in [1.165, 1.54) is 24.3 Å². The first-order valence-corrected chi connectivity index (χ1v) is 15.4. The smallest absolute Gasteiger partial charge is 0.338 e. The Labute approximate surface area is 246 Å². The molecule has 0 spiro atoms. The third-order valence-electron chi connectivity index (χ3n) is 6.10. The highest BCUT2D eigenvalue weighted by atomic mass is 32.2. The Morgan fingerprint density at radius 1 is 0.674 bits per heavy atom. The molecule has 1 N–H and O–H groups in total. The Morgan fingerprint density at radius 2 is 1.09 bits per heavy atom. The van der Waals surface area contributed by atoms with E-state index in [-0.39, 0.29) is 16.2 Å². The van der Waals surface area contributed by atoms with Crippen LogP contribution in [0.4, 0.5) is 17.6 Å². The lowest BCUT2D eigenvalue weighted by Crippen LogP contribution is -2.29. The average molecular weight is 633 g/mol. The van der Waals surface area contributed by atoms with Gasteiger partial charge in [0.2, 0.25) is 16.2 Å². The van der Waals surface area contributed by atoms with Crippen LogP contribution < -0.4 is 5.32 Å². The van der Waals surface area contributed by atoms with Crippen LogP contribution in [0.25, 0.3) is 4.85 Å². The van der Waals surface area contributed by atoms with E-state index >= 15 is 0 Å². The van der Waals surface area contributed by atoms with Crippen LogP contribution in [-0.2, 0) is 24.5 Å². The summed E-state index contributed by atoms with van der Waals surface area (Å²) in [4.78, 5) is 13.5. The van der Waals surface area contributed by atoms with Gasteiger partial charge in [-0.25, -0.2) is 41.0 Å². The summed E-state index contributed by atoms with van der Waals surface area (Å²) >= 11 is 0. The quantitative estimate of drug-likeness (QED) is 0.143. The molecule has 0 fully saturated rings. The summed E-state index contributed by atoms with van der Waals surface area (Å²) in [5.41, 5.74) is 0.763. The second kappa shape index (κ2) is 13.6. The van der Waals surface area contributed by atoms with Crippen LogP contribution in [0.3, 0.4) is 0 Å². The van der Waals surface area contributed by atoms with E-state index in [4.69, 9.17) is 6.57 Å². The molecule has 0 aromatic heterocycles. The van der Waals surface area contributed by atoms with E-state index in [1.54, 1.807) is 38.1 Å². The van der Waals surface area contributed by atoms with Crippen LogP contribution in [-0.4, -0.2) is 23.2 Å². The lowest BCUT2D eigenvalue weighted by Gasteiger charge is -2.18. The van der Waals surface area contributed by atoms with Gasteiger partial charge in [0.05, 0.1) is 15.4 Å². The molecular formula is C30H24F4N2O5S2. The van der Waals surface area contributed by atoms with Gasteiger partial charge in [-0.3, -0.25) is 9.64 Å². The van der Waals surface area contributed by atoms with Crippen molar-refractivity contribution in [3.8, 4) is 0 Å². The fraction of sp³-hybridized carbons (Fsp3) is 0.133. The molecule has 4 aromatic rings. The molecule has 13 heteroatoms. The Kier molecular flexibility index (Phi) is 10.4. The molecule has 0 saturated carbocycles. The molecule has 224 valence electrons. The van der Waals surface area contributed by atoms with Crippen LogP contribution in [0.2, 0.25) is 0 Å². The SMILES string of the molecule is Cc1ccc(S(=O)(=O)C(NC=O)c2cc(F)ccc2F)cc1.[C-]#[N+]C(c1cc(F)ccc1F)S(=O)(=O)c1ccc(C)cc1. The minimum Gasteiger partial charge on any atom is -0.338 e. The van der Waals surface area contributed by atoms with Crippen LogP contribution in [0.1, 0.15) is 33.0 Å². The predicted molar refractivity (Wildman–Crippen MR) is 151 cm³/mol. The minimum atomic E-state index is -4.12. The molecule has 2 unspecified atom stereocenters. The molecule has 0 heterocycles. The number of sulfone groups is 2. The molecule has 0 aliphatic heterocycles. The molecular weight excluding hydrogens is 608 g/mol. The summed E-state index contributed by atoms with van der Waals surface area (Å²) < 4.78 is 104. The van der Waals surface area contributed by atoms with Gasteiger partial charge >= 0.3 is 5.37 Å². The number of hydrogen-bond acceptors (Lipinski definition) is 5. The number of halogens is 4. The Balaban J connectivity index is 0.000000236. The average Bonchev–Trinajstić information content (AvgIpc) is 2.96. The molecule has 1 amide bonds. The fourth-order valence-electron chi connectivity index (χ4n) is 3.85. The minimum absolute atomic E-state index is 0.0962. The fourth-order valence-corrected chi connectivity index (χ4v) is 6.82. The van der Waals surface area contributed by atoms with E-state index in [0.29, 0.717) is 0 Å². The zero-order chi connectivity index (χ0) is 31.9. The Morgan fingerprint density at radius 3 is 1.53 bits per heavy atom. The molecule has 0 radical (unpaired) electrons. The molecule has 7 nitrogen and oxygen atoms in total. The standard InChI is InChI=1S/C15H13F2NO3S.C15H11F2NO2S/c1-10-2-5-12(6-3-10)22(20,21)15(18-9-19)13-8-11(16)4-7-14(13)17;1-10-3-6-12(7-4-10)21(19,20)15(18-2)13-9-11(16)5-8-14(13)17/h2-9,15H,1H3,(H,18,19);3-9,15H,1H3. The Hall–Kier alpha value is -4.54. The van der Waals surface area contributed by atoms with Gasteiger partial charge < -0.3 is 5.32 Å². The van der Waals surface area contributed by atoms with E-state index in [9.17, 15) is 39.2 Å². The van der Waals surface area contributed by atoms with Crippen LogP contribution in [0.5, 0.6) is 0 Å². The largest absolute Gasteiger partial charge is 0.353 e. The van der Waals surface area contributed by atoms with Crippen molar-refractivity contribution in [2.24, 2.45) is 0 Å². The van der Waals surface area contributed by atoms with Gasteiger partial charge in [-0.05, 0) is 74.5 Å². The lowest BCUT2D eigenvalue weighted by atomic mass is 10.2. The number of rotatable bonds is 8. The summed E-state index contributed by atoms with van der Waals surface area (Å²) in [5, 5.41) is -1.47. The monoisotopic (exact) mass is 632 g/mol. The number of nitrogens with zero attached hydrogens (tertiary/aromatic N) is 1. The third kappa shape index (κ3) is 7.65. The van der Waals surface area contributed by atoms with Gasteiger partial charge in [0.25, 0.3) is 9.84 Å². The zero-order valence-electron chi connectivity index (χ0n) is 22.6. The first kappa shape index (κ1) is 33.0. The molecule has 4 aromatic carbocycles. The molecule has 4 rings (SSSR count). The van der Waals surface area contributed by atoms with Gasteiger partial charge in [-0.2, -0.15) is 0 Å². The first-order valence-electron chi connectivity index (χ1n) is 12.3. The van der Waals surface area contributed by atoms with Crippen molar-refractivity contribution >= 4 is 26.1 Å². The predicted octanol–water partition coefficient (Wildman–Crippen LogP) is 6.16. The maximum Gasteiger partial charge on any atom is 0.353 e. The Bertz CT molecular complexity index is 1880. The maximum atomic E-state index is 13.9. The van der Waals surface area contributed by atoms with E-state index < -0.39 is 64.8 Å². The number of benzene rings is 4. The molecule has 2 atom stereocenters. The molecule has 0 bridgehead atoms. The summed E-state index contributed by atoms with van der Waals surface area (Å²) in [6.07, 6.45) is 0.140. The van der Waals surface area contributed by atoms with Crippen LogP contribution in [0.15, 0.2) is 94.7 Å². The normalized spacial score (nSPS) is 12.7. The molecule has 0 aliphatic carbocycles. The number of amides is 1. The molecule has 0 saturated heterocycles. The van der Waals surface area contributed by atoms with Crippen LogP contribution in [0, 0.1) is 43.7 Å². The highest BCUT2D eigenvalue weighted by molar-refractivity contribution is 7.92. The third-order valence-corrected chi connectivity index (χ3v) is 9.92. The van der Waals surface area contributed by atoms with Crippen LogP contribution >= 0.6 is 0 Å². The van der Waals surface area contributed by atoms with E-state index in [1.807, 2.05) is 5.32 Å². The molecule has 0 aliphatic rings. The topological polar surface area (TPSA) is 102 Å². The summed E-state index contributed by atoms with van der Waals surface area (Å²) in [6.45, 7) is 10.6. The van der Waals surface area contributed by atoms with Gasteiger partial charge in [0.1, 0.15) is 23.3 Å². The lowest BCUT2D eigenvalue weighted by molar-refractivity contribution is -0.109. The summed E-state index contributed by atoms with van der Waals surface area (Å²) in [5.74, 6) is -3.43. The summed E-state index contributed by atoms with van der Waals surface area (Å²) in [6, 6.07) is 16.6. The highest BCUT2D eigenvalue weighted by Crippen LogP contribution is 2.32. The van der Waals surface area contributed by atoms with Crippen molar-refractivity contribution in [3.05, 3.63) is 142 Å². The highest BCUT2D eigenvalue weighted by Gasteiger charge is 2.37. The number of hydrogen-bond donors (Lipinski definition) is 1. The van der Waals surface area contributed by atoms with Gasteiger partial charge in [0.15, 0.2) is 5.37 Å². The van der Waals surface area contributed by atoms with E-state index in [0.717, 1.165) is 47.5 Å². The van der Waals surface area contributed by atoms with Gasteiger partial charge in [-0.1, -0.05) is 35.4 Å². The van der Waals surface area contributed by atoms with Gasteiger partial charge in [-0.15, -0.1) is 0 Å².